The zero-order chi connectivity index (χ0) is 9.97. The van der Waals surface area contributed by atoms with E-state index in [1.54, 1.807) is 6.20 Å². The molecule has 0 saturated heterocycles. The predicted molar refractivity (Wildman–Crippen MR) is 53.3 cm³/mol. The van der Waals surface area contributed by atoms with Crippen molar-refractivity contribution in [2.75, 3.05) is 13.2 Å². The van der Waals surface area contributed by atoms with E-state index in [0.29, 0.717) is 12.3 Å². The minimum Gasteiger partial charge on any atom is -0.485 e. The maximum atomic E-state index is 5.96. The summed E-state index contributed by atoms with van der Waals surface area (Å²) in [6, 6.07) is 0. The van der Waals surface area contributed by atoms with Crippen molar-refractivity contribution in [2.45, 2.75) is 6.92 Å². The number of likely N-dealkylation sites (N-methyl/N-ethyl adjacent to an activating group) is 1. The molecule has 0 bridgehead atoms. The molecule has 0 atom stereocenters. The van der Waals surface area contributed by atoms with Crippen LogP contribution in [-0.2, 0) is 4.74 Å². The van der Waals surface area contributed by atoms with E-state index in [9.17, 15) is 0 Å². The van der Waals surface area contributed by atoms with Gasteiger partial charge in [0, 0.05) is 18.8 Å². The quantitative estimate of drug-likeness (QED) is 0.483. The first-order valence-electron chi connectivity index (χ1n) is 4.61. The number of hydrazine groups is 1. The van der Waals surface area contributed by atoms with Crippen molar-refractivity contribution in [3.8, 4) is 0 Å². The van der Waals surface area contributed by atoms with Gasteiger partial charge in [-0.25, -0.2) is 0 Å². The van der Waals surface area contributed by atoms with Gasteiger partial charge in [-0.2, -0.15) is 0 Å². The number of hydrogen-bond donors (Lipinski definition) is 4. The maximum Gasteiger partial charge on any atom is 0.148 e. The average Bonchev–Trinajstić information content (AvgIpc) is 2.23. The fourth-order valence-electron chi connectivity index (χ4n) is 1.43. The van der Waals surface area contributed by atoms with Crippen LogP contribution >= 0.6 is 0 Å². The monoisotopic (exact) mass is 194 g/mol. The molecule has 2 aliphatic heterocycles. The highest BCUT2D eigenvalue weighted by Gasteiger charge is 2.20. The zero-order valence-corrected chi connectivity index (χ0v) is 8.05. The second-order valence-corrected chi connectivity index (χ2v) is 3.05. The molecule has 0 fully saturated rings. The van der Waals surface area contributed by atoms with Gasteiger partial charge in [-0.1, -0.05) is 0 Å². The first kappa shape index (κ1) is 8.80. The van der Waals surface area contributed by atoms with Crippen molar-refractivity contribution in [3.05, 3.63) is 35.1 Å². The van der Waals surface area contributed by atoms with Crippen LogP contribution in [0.3, 0.4) is 0 Å². The molecular formula is C9H14N4O. The van der Waals surface area contributed by atoms with Crippen LogP contribution in [0, 0.1) is 0 Å². The smallest absolute Gasteiger partial charge is 0.148 e. The van der Waals surface area contributed by atoms with E-state index in [1.165, 1.54) is 0 Å². The first-order chi connectivity index (χ1) is 6.83. The van der Waals surface area contributed by atoms with Gasteiger partial charge in [-0.05, 0) is 6.92 Å². The highest BCUT2D eigenvalue weighted by molar-refractivity contribution is 5.41. The molecule has 0 aromatic rings. The molecule has 14 heavy (non-hydrogen) atoms. The summed E-state index contributed by atoms with van der Waals surface area (Å²) in [4.78, 5) is 0. The summed E-state index contributed by atoms with van der Waals surface area (Å²) < 4.78 is 5.51. The highest BCUT2D eigenvalue weighted by atomic mass is 16.5. The van der Waals surface area contributed by atoms with Gasteiger partial charge in [-0.15, -0.1) is 0 Å². The molecule has 0 spiro atoms. The number of nitrogens with two attached hydrogens (primary N) is 1. The molecule has 2 aliphatic rings. The normalized spacial score (nSPS) is 19.5. The van der Waals surface area contributed by atoms with Crippen LogP contribution in [0.25, 0.3) is 0 Å². The Morgan fingerprint density at radius 2 is 2.50 bits per heavy atom. The van der Waals surface area contributed by atoms with Crippen LogP contribution in [0.4, 0.5) is 0 Å². The average molecular weight is 194 g/mol. The maximum absolute atomic E-state index is 5.96. The topological polar surface area (TPSA) is 71.3 Å². The lowest BCUT2D eigenvalue weighted by Gasteiger charge is -2.26. The van der Waals surface area contributed by atoms with Gasteiger partial charge < -0.3 is 21.2 Å². The molecule has 0 saturated carbocycles. The Morgan fingerprint density at radius 3 is 3.29 bits per heavy atom. The van der Waals surface area contributed by atoms with Gasteiger partial charge >= 0.3 is 0 Å². The van der Waals surface area contributed by atoms with E-state index >= 15 is 0 Å². The predicted octanol–water partition coefficient (Wildman–Crippen LogP) is -0.370. The Hall–Kier alpha value is -1.78. The van der Waals surface area contributed by atoms with Crippen molar-refractivity contribution >= 4 is 0 Å². The molecule has 0 aliphatic carbocycles. The van der Waals surface area contributed by atoms with Crippen molar-refractivity contribution < 1.29 is 4.74 Å². The molecule has 0 aromatic heterocycles. The number of rotatable bonds is 2. The van der Waals surface area contributed by atoms with Crippen LogP contribution in [0.5, 0.6) is 0 Å². The Kier molecular flexibility index (Phi) is 2.22. The highest BCUT2D eigenvalue weighted by Crippen LogP contribution is 2.20. The molecule has 5 nitrogen and oxygen atoms in total. The molecule has 0 aromatic carbocycles. The second kappa shape index (κ2) is 3.53. The summed E-state index contributed by atoms with van der Waals surface area (Å²) in [5, 5.41) is 3.17. The SMILES string of the molecule is CCNC1=C(N)C2=C(C=CNN2)OC1. The number of nitrogens with one attached hydrogen (secondary N) is 3. The number of ether oxygens (including phenoxy) is 1. The van der Waals surface area contributed by atoms with E-state index in [-0.39, 0.29) is 0 Å². The molecule has 5 heteroatoms. The van der Waals surface area contributed by atoms with Crippen molar-refractivity contribution in [3.63, 3.8) is 0 Å². The van der Waals surface area contributed by atoms with Gasteiger partial charge in [0.1, 0.15) is 18.1 Å². The third-order valence-corrected chi connectivity index (χ3v) is 2.12. The van der Waals surface area contributed by atoms with Crippen LogP contribution in [-0.4, -0.2) is 13.2 Å². The van der Waals surface area contributed by atoms with Crippen molar-refractivity contribution in [1.29, 1.82) is 0 Å². The van der Waals surface area contributed by atoms with Crippen LogP contribution in [0.2, 0.25) is 0 Å². The molecule has 0 amide bonds. The molecule has 0 radical (unpaired) electrons. The number of hydrogen-bond acceptors (Lipinski definition) is 5. The van der Waals surface area contributed by atoms with E-state index in [0.717, 1.165) is 23.7 Å². The lowest BCUT2D eigenvalue weighted by molar-refractivity contribution is 0.229. The third-order valence-electron chi connectivity index (χ3n) is 2.12. The fraction of sp³-hybridized carbons (Fsp3) is 0.333. The van der Waals surface area contributed by atoms with Gasteiger partial charge in [-0.3, -0.25) is 5.43 Å². The zero-order valence-electron chi connectivity index (χ0n) is 8.05. The summed E-state index contributed by atoms with van der Waals surface area (Å²) >= 11 is 0. The molecule has 0 unspecified atom stereocenters. The summed E-state index contributed by atoms with van der Waals surface area (Å²) in [5.41, 5.74) is 14.2. The fourth-order valence-corrected chi connectivity index (χ4v) is 1.43. The minimum absolute atomic E-state index is 0.504. The molecule has 76 valence electrons. The number of allylic oxidation sites excluding steroid dienone is 1. The van der Waals surface area contributed by atoms with E-state index in [4.69, 9.17) is 10.5 Å². The van der Waals surface area contributed by atoms with E-state index in [2.05, 4.69) is 16.2 Å². The molecule has 2 rings (SSSR count). The van der Waals surface area contributed by atoms with E-state index in [1.807, 2.05) is 13.0 Å². The third kappa shape index (κ3) is 1.37. The summed E-state index contributed by atoms with van der Waals surface area (Å²) in [7, 11) is 0. The van der Waals surface area contributed by atoms with Crippen LogP contribution in [0.15, 0.2) is 35.1 Å². The Balaban J connectivity index is 2.29. The van der Waals surface area contributed by atoms with Gasteiger partial charge in [0.2, 0.25) is 0 Å². The molecule has 5 N–H and O–H groups in total. The van der Waals surface area contributed by atoms with Gasteiger partial charge in [0.05, 0.1) is 11.4 Å². The van der Waals surface area contributed by atoms with Crippen molar-refractivity contribution in [2.24, 2.45) is 5.73 Å². The lowest BCUT2D eigenvalue weighted by Crippen LogP contribution is -2.38. The summed E-state index contributed by atoms with van der Waals surface area (Å²) in [6.45, 7) is 3.37. The molecular weight excluding hydrogens is 180 g/mol. The Labute approximate surface area is 82.7 Å². The Morgan fingerprint density at radius 1 is 1.64 bits per heavy atom. The van der Waals surface area contributed by atoms with Gasteiger partial charge in [0.25, 0.3) is 0 Å². The van der Waals surface area contributed by atoms with Crippen LogP contribution in [0.1, 0.15) is 6.92 Å². The summed E-state index contributed by atoms with van der Waals surface area (Å²) in [6.07, 6.45) is 3.62. The second-order valence-electron chi connectivity index (χ2n) is 3.05. The summed E-state index contributed by atoms with van der Waals surface area (Å²) in [5.74, 6) is 0.780. The van der Waals surface area contributed by atoms with E-state index < -0.39 is 0 Å². The first-order valence-corrected chi connectivity index (χ1v) is 4.61. The molecule has 2 heterocycles. The lowest BCUT2D eigenvalue weighted by atomic mass is 10.2. The standard InChI is InChI=1S/C9H14N4O/c1-2-11-6-5-14-7-3-4-12-13-9(7)8(6)10/h3-4,11-13H,2,5,10H2,1H3. The van der Waals surface area contributed by atoms with Crippen LogP contribution < -0.4 is 21.9 Å². The van der Waals surface area contributed by atoms with Gasteiger partial charge in [0.15, 0.2) is 0 Å². The largest absolute Gasteiger partial charge is 0.485 e. The van der Waals surface area contributed by atoms with Crippen molar-refractivity contribution in [1.82, 2.24) is 16.2 Å². The minimum atomic E-state index is 0.504. The Bertz CT molecular complexity index is 330.